The minimum absolute atomic E-state index is 0.0382. The molecule has 19 heavy (non-hydrogen) atoms. The number of carbonyl (C=O) groups excluding carboxylic acids is 1. The average molecular weight is 264 g/mol. The van der Waals surface area contributed by atoms with Crippen molar-refractivity contribution in [3.05, 3.63) is 18.5 Å². The second kappa shape index (κ2) is 8.34. The standard InChI is InChI=1S/C14H24N4O/c1-4-7-17-12-8-13(10-15-9-12)18(6-3)11-14(19)16-5-2/h8-10,17H,4-7,11H2,1-3H3,(H,16,19). The van der Waals surface area contributed by atoms with E-state index in [2.05, 4.69) is 22.5 Å². The molecule has 0 bridgehead atoms. The number of hydrogen-bond acceptors (Lipinski definition) is 4. The van der Waals surface area contributed by atoms with Gasteiger partial charge in [0.2, 0.25) is 5.91 Å². The van der Waals surface area contributed by atoms with Crippen LogP contribution in [0, 0.1) is 0 Å². The summed E-state index contributed by atoms with van der Waals surface area (Å²) < 4.78 is 0. The van der Waals surface area contributed by atoms with E-state index in [1.807, 2.05) is 24.8 Å². The first-order valence-electron chi connectivity index (χ1n) is 6.91. The Kier molecular flexibility index (Phi) is 6.71. The Morgan fingerprint density at radius 1 is 1.32 bits per heavy atom. The third kappa shape index (κ3) is 5.16. The quantitative estimate of drug-likeness (QED) is 0.752. The maximum Gasteiger partial charge on any atom is 0.239 e. The Balaban J connectivity index is 2.71. The van der Waals surface area contributed by atoms with Gasteiger partial charge in [0.1, 0.15) is 0 Å². The molecule has 0 aliphatic heterocycles. The molecule has 5 heteroatoms. The van der Waals surface area contributed by atoms with Crippen LogP contribution in [0.4, 0.5) is 11.4 Å². The number of rotatable bonds is 8. The van der Waals surface area contributed by atoms with Crippen molar-refractivity contribution in [3.63, 3.8) is 0 Å². The molecule has 0 unspecified atom stereocenters. The van der Waals surface area contributed by atoms with Crippen molar-refractivity contribution in [2.45, 2.75) is 27.2 Å². The van der Waals surface area contributed by atoms with Crippen molar-refractivity contribution in [1.82, 2.24) is 10.3 Å². The number of nitrogens with zero attached hydrogens (tertiary/aromatic N) is 2. The second-order valence-corrected chi connectivity index (χ2v) is 4.33. The molecule has 2 N–H and O–H groups in total. The van der Waals surface area contributed by atoms with Crippen LogP contribution < -0.4 is 15.5 Å². The first-order chi connectivity index (χ1) is 9.21. The van der Waals surface area contributed by atoms with Gasteiger partial charge in [-0.15, -0.1) is 0 Å². The lowest BCUT2D eigenvalue weighted by molar-refractivity contribution is -0.119. The van der Waals surface area contributed by atoms with Crippen molar-refractivity contribution in [1.29, 1.82) is 0 Å². The highest BCUT2D eigenvalue weighted by Crippen LogP contribution is 2.17. The summed E-state index contributed by atoms with van der Waals surface area (Å²) in [6.45, 7) is 8.80. The molecule has 106 valence electrons. The Labute approximate surface area is 115 Å². The van der Waals surface area contributed by atoms with Gasteiger partial charge in [0, 0.05) is 19.6 Å². The highest BCUT2D eigenvalue weighted by atomic mass is 16.2. The summed E-state index contributed by atoms with van der Waals surface area (Å²) in [5, 5.41) is 6.11. The molecule has 1 heterocycles. The van der Waals surface area contributed by atoms with Crippen molar-refractivity contribution in [3.8, 4) is 0 Å². The van der Waals surface area contributed by atoms with E-state index in [9.17, 15) is 4.79 Å². The van der Waals surface area contributed by atoms with Crippen molar-refractivity contribution < 1.29 is 4.79 Å². The van der Waals surface area contributed by atoms with Crippen LogP contribution in [0.3, 0.4) is 0 Å². The molecular weight excluding hydrogens is 240 g/mol. The number of carbonyl (C=O) groups is 1. The molecule has 5 nitrogen and oxygen atoms in total. The van der Waals surface area contributed by atoms with E-state index in [0.717, 1.165) is 30.9 Å². The van der Waals surface area contributed by atoms with Gasteiger partial charge < -0.3 is 15.5 Å². The number of hydrogen-bond donors (Lipinski definition) is 2. The van der Waals surface area contributed by atoms with E-state index >= 15 is 0 Å². The third-order valence-electron chi connectivity index (χ3n) is 2.76. The first-order valence-corrected chi connectivity index (χ1v) is 6.91. The fraction of sp³-hybridized carbons (Fsp3) is 0.571. The molecule has 1 aromatic heterocycles. The zero-order valence-electron chi connectivity index (χ0n) is 12.1. The molecule has 0 spiro atoms. The maximum absolute atomic E-state index is 11.7. The van der Waals surface area contributed by atoms with Crippen molar-refractivity contribution >= 4 is 17.3 Å². The Hall–Kier alpha value is -1.78. The number of likely N-dealkylation sites (N-methyl/N-ethyl adjacent to an activating group) is 2. The molecule has 1 amide bonds. The zero-order valence-corrected chi connectivity index (χ0v) is 12.1. The predicted molar refractivity (Wildman–Crippen MR) is 79.6 cm³/mol. The summed E-state index contributed by atoms with van der Waals surface area (Å²) in [5.41, 5.74) is 1.96. The van der Waals surface area contributed by atoms with Crippen LogP contribution >= 0.6 is 0 Å². The van der Waals surface area contributed by atoms with Crippen LogP contribution in [0.25, 0.3) is 0 Å². The molecular formula is C14H24N4O. The van der Waals surface area contributed by atoms with Crippen LogP contribution in [0.1, 0.15) is 27.2 Å². The van der Waals surface area contributed by atoms with Gasteiger partial charge in [-0.1, -0.05) is 6.92 Å². The lowest BCUT2D eigenvalue weighted by atomic mass is 10.3. The highest BCUT2D eigenvalue weighted by molar-refractivity contribution is 5.81. The highest BCUT2D eigenvalue weighted by Gasteiger charge is 2.10. The van der Waals surface area contributed by atoms with Crippen LogP contribution in [-0.4, -0.2) is 37.1 Å². The van der Waals surface area contributed by atoms with Crippen LogP contribution in [0.5, 0.6) is 0 Å². The number of anilines is 2. The molecule has 0 saturated heterocycles. The summed E-state index contributed by atoms with van der Waals surface area (Å²) in [4.78, 5) is 17.9. The lowest BCUT2D eigenvalue weighted by Crippen LogP contribution is -2.37. The average Bonchev–Trinajstić information content (AvgIpc) is 2.43. The number of amides is 1. The summed E-state index contributed by atoms with van der Waals surface area (Å²) in [6.07, 6.45) is 4.67. The topological polar surface area (TPSA) is 57.3 Å². The molecule has 1 aromatic rings. The third-order valence-corrected chi connectivity index (χ3v) is 2.76. The van der Waals surface area contributed by atoms with Crippen LogP contribution in [0.2, 0.25) is 0 Å². The van der Waals surface area contributed by atoms with Gasteiger partial charge in [-0.25, -0.2) is 0 Å². The molecule has 0 saturated carbocycles. The minimum Gasteiger partial charge on any atom is -0.384 e. The minimum atomic E-state index is 0.0382. The van der Waals surface area contributed by atoms with Crippen molar-refractivity contribution in [2.75, 3.05) is 36.4 Å². The van der Waals surface area contributed by atoms with E-state index in [0.29, 0.717) is 13.1 Å². The van der Waals surface area contributed by atoms with Gasteiger partial charge in [-0.05, 0) is 26.3 Å². The van der Waals surface area contributed by atoms with E-state index < -0.39 is 0 Å². The van der Waals surface area contributed by atoms with E-state index in [4.69, 9.17) is 0 Å². The van der Waals surface area contributed by atoms with Gasteiger partial charge in [0.25, 0.3) is 0 Å². The molecule has 0 aromatic carbocycles. The van der Waals surface area contributed by atoms with Gasteiger partial charge in [-0.2, -0.15) is 0 Å². The van der Waals surface area contributed by atoms with Crippen molar-refractivity contribution in [2.24, 2.45) is 0 Å². The van der Waals surface area contributed by atoms with E-state index in [1.165, 1.54) is 0 Å². The Bertz CT molecular complexity index is 395. The summed E-state index contributed by atoms with van der Waals surface area (Å²) >= 11 is 0. The van der Waals surface area contributed by atoms with Gasteiger partial charge in [0.15, 0.2) is 0 Å². The fourth-order valence-corrected chi connectivity index (χ4v) is 1.78. The zero-order chi connectivity index (χ0) is 14.1. The molecule has 0 atom stereocenters. The summed E-state index contributed by atoms with van der Waals surface area (Å²) in [7, 11) is 0. The smallest absolute Gasteiger partial charge is 0.239 e. The fourth-order valence-electron chi connectivity index (χ4n) is 1.78. The van der Waals surface area contributed by atoms with Crippen LogP contribution in [-0.2, 0) is 4.79 Å². The lowest BCUT2D eigenvalue weighted by Gasteiger charge is -2.22. The molecule has 1 rings (SSSR count). The molecule has 0 aliphatic rings. The number of pyridine rings is 1. The maximum atomic E-state index is 11.7. The molecule has 0 radical (unpaired) electrons. The first kappa shape index (κ1) is 15.3. The van der Waals surface area contributed by atoms with E-state index in [-0.39, 0.29) is 5.91 Å². The molecule has 0 aliphatic carbocycles. The predicted octanol–water partition coefficient (Wildman–Crippen LogP) is 1.87. The van der Waals surface area contributed by atoms with Gasteiger partial charge in [-0.3, -0.25) is 9.78 Å². The second-order valence-electron chi connectivity index (χ2n) is 4.33. The molecule has 0 fully saturated rings. The van der Waals surface area contributed by atoms with E-state index in [1.54, 1.807) is 12.4 Å². The number of nitrogens with one attached hydrogen (secondary N) is 2. The van der Waals surface area contributed by atoms with Crippen LogP contribution in [0.15, 0.2) is 18.5 Å². The largest absolute Gasteiger partial charge is 0.384 e. The monoisotopic (exact) mass is 264 g/mol. The normalized spacial score (nSPS) is 10.1. The number of aromatic nitrogens is 1. The summed E-state index contributed by atoms with van der Waals surface area (Å²) in [6, 6.07) is 2.03. The summed E-state index contributed by atoms with van der Waals surface area (Å²) in [5.74, 6) is 0.0382. The SMILES string of the molecule is CCCNc1cncc(N(CC)CC(=O)NCC)c1. The van der Waals surface area contributed by atoms with Gasteiger partial charge >= 0.3 is 0 Å². The Morgan fingerprint density at radius 2 is 2.11 bits per heavy atom. The van der Waals surface area contributed by atoms with Gasteiger partial charge in [0.05, 0.1) is 30.3 Å². The Morgan fingerprint density at radius 3 is 2.74 bits per heavy atom.